The Bertz CT molecular complexity index is 836. The summed E-state index contributed by atoms with van der Waals surface area (Å²) in [5, 5.41) is 1.38. The van der Waals surface area contributed by atoms with Crippen molar-refractivity contribution in [2.75, 3.05) is 7.11 Å². The van der Waals surface area contributed by atoms with Gasteiger partial charge >= 0.3 is 5.63 Å². The van der Waals surface area contributed by atoms with Crippen LogP contribution in [-0.2, 0) is 0 Å². The average molecular weight is 331 g/mol. The first-order chi connectivity index (χ1) is 9.72. The molecule has 0 atom stereocenters. The van der Waals surface area contributed by atoms with Crippen LogP contribution >= 0.6 is 15.9 Å². The van der Waals surface area contributed by atoms with E-state index in [0.717, 1.165) is 15.4 Å². The second-order valence-electron chi connectivity index (χ2n) is 4.28. The zero-order valence-corrected chi connectivity index (χ0v) is 12.3. The number of halogens is 1. The SMILES string of the molecule is COc1ccccc1-c1oc(=O)c2ccccc2c1Br. The standard InChI is InChI=1S/C16H11BrO3/c1-19-13-9-5-4-8-12(13)15-14(17)10-6-2-3-7-11(10)16(18)20-15/h2-9H,1H3. The molecule has 1 aromatic heterocycles. The molecule has 0 unspecified atom stereocenters. The Morgan fingerprint density at radius 3 is 2.40 bits per heavy atom. The first-order valence-electron chi connectivity index (χ1n) is 6.07. The highest BCUT2D eigenvalue weighted by Crippen LogP contribution is 2.37. The van der Waals surface area contributed by atoms with Crippen LogP contribution in [0.4, 0.5) is 0 Å². The van der Waals surface area contributed by atoms with Crippen LogP contribution in [0, 0.1) is 0 Å². The Hall–Kier alpha value is -2.07. The maximum Gasteiger partial charge on any atom is 0.344 e. The highest BCUT2D eigenvalue weighted by Gasteiger charge is 2.16. The van der Waals surface area contributed by atoms with Gasteiger partial charge in [0.1, 0.15) is 5.75 Å². The fourth-order valence-electron chi connectivity index (χ4n) is 2.17. The minimum Gasteiger partial charge on any atom is -0.496 e. The molecule has 0 amide bonds. The van der Waals surface area contributed by atoms with E-state index in [1.54, 1.807) is 13.2 Å². The number of para-hydroxylation sites is 1. The van der Waals surface area contributed by atoms with Crippen molar-refractivity contribution in [2.45, 2.75) is 0 Å². The summed E-state index contributed by atoms with van der Waals surface area (Å²) in [4.78, 5) is 12.1. The molecular weight excluding hydrogens is 320 g/mol. The molecule has 0 saturated heterocycles. The van der Waals surface area contributed by atoms with Gasteiger partial charge in [0.05, 0.1) is 22.5 Å². The number of hydrogen-bond donors (Lipinski definition) is 0. The summed E-state index contributed by atoms with van der Waals surface area (Å²) in [5.41, 5.74) is 0.384. The van der Waals surface area contributed by atoms with E-state index >= 15 is 0 Å². The van der Waals surface area contributed by atoms with Crippen molar-refractivity contribution in [1.82, 2.24) is 0 Å². The highest BCUT2D eigenvalue weighted by molar-refractivity contribution is 9.10. The maximum absolute atomic E-state index is 12.1. The van der Waals surface area contributed by atoms with Gasteiger partial charge in [0.25, 0.3) is 0 Å². The number of rotatable bonds is 2. The Morgan fingerprint density at radius 2 is 1.65 bits per heavy atom. The molecule has 4 heteroatoms. The monoisotopic (exact) mass is 330 g/mol. The molecule has 20 heavy (non-hydrogen) atoms. The van der Waals surface area contributed by atoms with E-state index in [1.165, 1.54) is 0 Å². The van der Waals surface area contributed by atoms with Gasteiger partial charge in [0.2, 0.25) is 0 Å². The van der Waals surface area contributed by atoms with Gasteiger partial charge in [0.15, 0.2) is 5.76 Å². The quantitative estimate of drug-likeness (QED) is 0.705. The average Bonchev–Trinajstić information content (AvgIpc) is 2.51. The van der Waals surface area contributed by atoms with E-state index in [9.17, 15) is 4.79 Å². The number of fused-ring (bicyclic) bond motifs is 1. The molecule has 0 radical (unpaired) electrons. The summed E-state index contributed by atoms with van der Waals surface area (Å²) in [7, 11) is 1.59. The molecule has 0 aliphatic rings. The fourth-order valence-corrected chi connectivity index (χ4v) is 2.81. The van der Waals surface area contributed by atoms with Crippen LogP contribution in [0.3, 0.4) is 0 Å². The zero-order chi connectivity index (χ0) is 14.1. The molecule has 0 aliphatic heterocycles. The summed E-state index contributed by atoms with van der Waals surface area (Å²) in [6, 6.07) is 14.8. The van der Waals surface area contributed by atoms with Crippen molar-refractivity contribution in [3.05, 3.63) is 63.4 Å². The largest absolute Gasteiger partial charge is 0.496 e. The van der Waals surface area contributed by atoms with Crippen molar-refractivity contribution in [3.8, 4) is 17.1 Å². The predicted molar refractivity (Wildman–Crippen MR) is 82.2 cm³/mol. The van der Waals surface area contributed by atoms with Crippen LogP contribution in [-0.4, -0.2) is 7.11 Å². The lowest BCUT2D eigenvalue weighted by Gasteiger charge is -2.10. The van der Waals surface area contributed by atoms with Crippen molar-refractivity contribution in [1.29, 1.82) is 0 Å². The third-order valence-corrected chi connectivity index (χ3v) is 3.92. The lowest BCUT2D eigenvalue weighted by atomic mass is 10.1. The summed E-state index contributed by atoms with van der Waals surface area (Å²) >= 11 is 3.53. The topological polar surface area (TPSA) is 39.4 Å². The second-order valence-corrected chi connectivity index (χ2v) is 5.07. The van der Waals surface area contributed by atoms with Gasteiger partial charge in [0, 0.05) is 5.39 Å². The van der Waals surface area contributed by atoms with Gasteiger partial charge in [-0.25, -0.2) is 4.79 Å². The van der Waals surface area contributed by atoms with Gasteiger partial charge in [-0.1, -0.05) is 30.3 Å². The van der Waals surface area contributed by atoms with Gasteiger partial charge in [-0.3, -0.25) is 0 Å². The van der Waals surface area contributed by atoms with Crippen LogP contribution in [0.2, 0.25) is 0 Å². The van der Waals surface area contributed by atoms with E-state index in [2.05, 4.69) is 15.9 Å². The summed E-state index contributed by atoms with van der Waals surface area (Å²) < 4.78 is 11.5. The molecular formula is C16H11BrO3. The molecule has 0 aliphatic carbocycles. The molecule has 0 fully saturated rings. The highest BCUT2D eigenvalue weighted by atomic mass is 79.9. The number of benzene rings is 2. The predicted octanol–water partition coefficient (Wildman–Crippen LogP) is 4.23. The van der Waals surface area contributed by atoms with Crippen LogP contribution in [0.5, 0.6) is 5.75 Å². The van der Waals surface area contributed by atoms with E-state index in [0.29, 0.717) is 16.9 Å². The molecule has 3 nitrogen and oxygen atoms in total. The molecule has 100 valence electrons. The van der Waals surface area contributed by atoms with Gasteiger partial charge in [-0.05, 0) is 34.1 Å². The Kier molecular flexibility index (Phi) is 3.32. The fraction of sp³-hybridized carbons (Fsp3) is 0.0625. The molecule has 0 bridgehead atoms. The van der Waals surface area contributed by atoms with E-state index in [4.69, 9.17) is 9.15 Å². The van der Waals surface area contributed by atoms with Crippen molar-refractivity contribution in [3.63, 3.8) is 0 Å². The number of methoxy groups -OCH3 is 1. The van der Waals surface area contributed by atoms with E-state index < -0.39 is 0 Å². The molecule has 3 rings (SSSR count). The van der Waals surface area contributed by atoms with Crippen LogP contribution < -0.4 is 10.4 Å². The van der Waals surface area contributed by atoms with Crippen molar-refractivity contribution >= 4 is 26.7 Å². The van der Waals surface area contributed by atoms with Crippen molar-refractivity contribution < 1.29 is 9.15 Å². The maximum atomic E-state index is 12.1. The number of hydrogen-bond acceptors (Lipinski definition) is 3. The summed E-state index contributed by atoms with van der Waals surface area (Å²) in [6.07, 6.45) is 0. The zero-order valence-electron chi connectivity index (χ0n) is 10.7. The van der Waals surface area contributed by atoms with E-state index in [-0.39, 0.29) is 5.63 Å². The molecule has 0 spiro atoms. The summed E-state index contributed by atoms with van der Waals surface area (Å²) in [5.74, 6) is 1.14. The van der Waals surface area contributed by atoms with E-state index in [1.807, 2.05) is 42.5 Å². The number of ether oxygens (including phenoxy) is 1. The van der Waals surface area contributed by atoms with Crippen molar-refractivity contribution in [2.24, 2.45) is 0 Å². The molecule has 2 aromatic carbocycles. The lowest BCUT2D eigenvalue weighted by Crippen LogP contribution is -2.02. The minimum atomic E-state index is -0.357. The van der Waals surface area contributed by atoms with Gasteiger partial charge in [-0.2, -0.15) is 0 Å². The molecule has 1 heterocycles. The molecule has 0 saturated carbocycles. The third kappa shape index (κ3) is 2.02. The molecule has 0 N–H and O–H groups in total. The Balaban J connectivity index is 2.38. The first-order valence-corrected chi connectivity index (χ1v) is 6.86. The van der Waals surface area contributed by atoms with Gasteiger partial charge < -0.3 is 9.15 Å². The van der Waals surface area contributed by atoms with Crippen LogP contribution in [0.15, 0.2) is 62.2 Å². The summed E-state index contributed by atoms with van der Waals surface area (Å²) in [6.45, 7) is 0. The Morgan fingerprint density at radius 1 is 1.00 bits per heavy atom. The molecule has 3 aromatic rings. The van der Waals surface area contributed by atoms with Gasteiger partial charge in [-0.15, -0.1) is 0 Å². The minimum absolute atomic E-state index is 0.357. The van der Waals surface area contributed by atoms with Crippen LogP contribution in [0.25, 0.3) is 22.1 Å². The first kappa shape index (κ1) is 12.9. The second kappa shape index (κ2) is 5.13. The third-order valence-electron chi connectivity index (χ3n) is 3.13. The van der Waals surface area contributed by atoms with Crippen LogP contribution in [0.1, 0.15) is 0 Å². The normalized spacial score (nSPS) is 10.7. The lowest BCUT2D eigenvalue weighted by molar-refractivity contribution is 0.413. The smallest absolute Gasteiger partial charge is 0.344 e. The Labute approximate surface area is 123 Å².